The number of nitrogens with one attached hydrogen (secondary N) is 1. The Hall–Kier alpha value is -0.380. The number of aryl methyl sites for hydroxylation is 1. The largest absolute Gasteiger partial charge is 0.376 e. The Morgan fingerprint density at radius 2 is 2.29 bits per heavy atom. The van der Waals surface area contributed by atoms with Gasteiger partial charge in [0, 0.05) is 12.0 Å². The predicted octanol–water partition coefficient (Wildman–Crippen LogP) is 3.67. The summed E-state index contributed by atoms with van der Waals surface area (Å²) in [5, 5.41) is 5.95. The van der Waals surface area contributed by atoms with Crippen molar-refractivity contribution in [3.63, 3.8) is 0 Å². The van der Waals surface area contributed by atoms with Crippen molar-refractivity contribution in [2.45, 2.75) is 51.2 Å². The van der Waals surface area contributed by atoms with Crippen LogP contribution >= 0.6 is 11.3 Å². The first-order valence-corrected chi connectivity index (χ1v) is 7.43. The second kappa shape index (κ2) is 5.51. The van der Waals surface area contributed by atoms with E-state index in [4.69, 9.17) is 4.74 Å². The molecule has 1 saturated carbocycles. The van der Waals surface area contributed by atoms with Crippen molar-refractivity contribution in [1.82, 2.24) is 5.32 Å². The van der Waals surface area contributed by atoms with Crippen LogP contribution in [0.2, 0.25) is 0 Å². The molecule has 1 atom stereocenters. The zero-order chi connectivity index (χ0) is 12.3. The Balaban J connectivity index is 2.18. The molecule has 1 aromatic rings. The number of rotatable bonds is 6. The summed E-state index contributed by atoms with van der Waals surface area (Å²) in [5.74, 6) is 0. The number of hydrogen-bond donors (Lipinski definition) is 1. The smallest absolute Gasteiger partial charge is 0.0872 e. The number of thiophene rings is 1. The van der Waals surface area contributed by atoms with Crippen molar-refractivity contribution in [2.24, 2.45) is 0 Å². The molecule has 1 aliphatic carbocycles. The Kier molecular flexibility index (Phi) is 4.23. The topological polar surface area (TPSA) is 21.3 Å². The van der Waals surface area contributed by atoms with E-state index in [9.17, 15) is 0 Å². The first kappa shape index (κ1) is 13.1. The third kappa shape index (κ3) is 2.56. The molecule has 2 nitrogen and oxygen atoms in total. The van der Waals surface area contributed by atoms with Gasteiger partial charge in [-0.15, -0.1) is 11.3 Å². The lowest BCUT2D eigenvalue weighted by Gasteiger charge is -2.46. The second-order valence-electron chi connectivity index (χ2n) is 5.00. The zero-order valence-corrected chi connectivity index (χ0v) is 11.9. The van der Waals surface area contributed by atoms with E-state index in [2.05, 4.69) is 30.6 Å². The molecule has 1 heterocycles. The van der Waals surface area contributed by atoms with Gasteiger partial charge in [-0.3, -0.25) is 0 Å². The third-order valence-corrected chi connectivity index (χ3v) is 4.69. The minimum absolute atomic E-state index is 0.0443. The van der Waals surface area contributed by atoms with E-state index in [1.807, 2.05) is 18.4 Å². The predicted molar refractivity (Wildman–Crippen MR) is 73.7 cm³/mol. The van der Waals surface area contributed by atoms with Crippen LogP contribution in [-0.2, 0) is 4.74 Å². The lowest BCUT2D eigenvalue weighted by molar-refractivity contribution is -0.0996. The maximum Gasteiger partial charge on any atom is 0.0872 e. The molecule has 1 unspecified atom stereocenters. The van der Waals surface area contributed by atoms with E-state index in [1.165, 1.54) is 36.1 Å². The van der Waals surface area contributed by atoms with E-state index in [-0.39, 0.29) is 5.60 Å². The molecule has 17 heavy (non-hydrogen) atoms. The minimum Gasteiger partial charge on any atom is -0.376 e. The number of methoxy groups -OCH3 is 1. The van der Waals surface area contributed by atoms with Crippen molar-refractivity contribution in [2.75, 3.05) is 13.7 Å². The average molecular weight is 253 g/mol. The summed E-state index contributed by atoms with van der Waals surface area (Å²) in [4.78, 5) is 1.38. The molecule has 1 aliphatic rings. The van der Waals surface area contributed by atoms with Gasteiger partial charge in [0.05, 0.1) is 11.6 Å². The lowest BCUT2D eigenvalue weighted by atomic mass is 9.72. The highest BCUT2D eigenvalue weighted by Crippen LogP contribution is 2.45. The first-order chi connectivity index (χ1) is 8.22. The van der Waals surface area contributed by atoms with Gasteiger partial charge in [-0.05, 0) is 56.2 Å². The molecule has 0 bridgehead atoms. The molecule has 0 aromatic carbocycles. The molecule has 0 saturated heterocycles. The summed E-state index contributed by atoms with van der Waals surface area (Å²) < 4.78 is 5.84. The molecule has 0 aliphatic heterocycles. The third-order valence-electron chi connectivity index (χ3n) is 3.82. The van der Waals surface area contributed by atoms with E-state index in [0.717, 1.165) is 6.54 Å². The summed E-state index contributed by atoms with van der Waals surface area (Å²) in [6.45, 7) is 5.44. The summed E-state index contributed by atoms with van der Waals surface area (Å²) >= 11 is 1.83. The van der Waals surface area contributed by atoms with E-state index < -0.39 is 0 Å². The number of hydrogen-bond acceptors (Lipinski definition) is 3. The van der Waals surface area contributed by atoms with Crippen LogP contribution in [0.1, 0.15) is 49.1 Å². The molecule has 1 N–H and O–H groups in total. The van der Waals surface area contributed by atoms with Crippen molar-refractivity contribution < 1.29 is 4.74 Å². The van der Waals surface area contributed by atoms with E-state index >= 15 is 0 Å². The van der Waals surface area contributed by atoms with Crippen LogP contribution in [0.5, 0.6) is 0 Å². The highest BCUT2D eigenvalue weighted by molar-refractivity contribution is 7.10. The van der Waals surface area contributed by atoms with Crippen LogP contribution in [0.15, 0.2) is 11.4 Å². The van der Waals surface area contributed by atoms with Gasteiger partial charge >= 0.3 is 0 Å². The Morgan fingerprint density at radius 1 is 1.53 bits per heavy atom. The van der Waals surface area contributed by atoms with Gasteiger partial charge in [-0.1, -0.05) is 6.92 Å². The molecule has 96 valence electrons. The van der Waals surface area contributed by atoms with Crippen molar-refractivity contribution >= 4 is 11.3 Å². The van der Waals surface area contributed by atoms with Gasteiger partial charge in [-0.25, -0.2) is 0 Å². The standard InChI is InChI=1S/C14H23NOS/c1-4-8-15-13(12-9-11(2)17-10-12)14(16-3)6-5-7-14/h9-10,13,15H,4-8H2,1-3H3. The molecule has 1 fully saturated rings. The van der Waals surface area contributed by atoms with Gasteiger partial charge in [0.15, 0.2) is 0 Å². The lowest BCUT2D eigenvalue weighted by Crippen LogP contribution is -2.50. The fourth-order valence-electron chi connectivity index (χ4n) is 2.65. The fraction of sp³-hybridized carbons (Fsp3) is 0.714. The molecule has 0 amide bonds. The van der Waals surface area contributed by atoms with Crippen molar-refractivity contribution in [3.05, 3.63) is 21.9 Å². The number of ether oxygens (including phenoxy) is 1. The van der Waals surface area contributed by atoms with Crippen LogP contribution < -0.4 is 5.32 Å². The maximum absolute atomic E-state index is 5.84. The van der Waals surface area contributed by atoms with Crippen LogP contribution in [0, 0.1) is 6.92 Å². The Bertz CT molecular complexity index is 351. The SMILES string of the molecule is CCCNC(c1csc(C)c1)C1(OC)CCC1. The van der Waals surface area contributed by atoms with Crippen LogP contribution in [-0.4, -0.2) is 19.3 Å². The molecular formula is C14H23NOS. The van der Waals surface area contributed by atoms with E-state index in [0.29, 0.717) is 6.04 Å². The van der Waals surface area contributed by atoms with Crippen LogP contribution in [0.3, 0.4) is 0 Å². The fourth-order valence-corrected chi connectivity index (χ4v) is 3.38. The highest BCUT2D eigenvalue weighted by Gasteiger charge is 2.45. The molecule has 3 heteroatoms. The van der Waals surface area contributed by atoms with Gasteiger partial charge < -0.3 is 10.1 Å². The summed E-state index contributed by atoms with van der Waals surface area (Å²) in [6, 6.07) is 2.67. The Morgan fingerprint density at radius 3 is 2.71 bits per heavy atom. The molecule has 0 radical (unpaired) electrons. The second-order valence-corrected chi connectivity index (χ2v) is 6.12. The maximum atomic E-state index is 5.84. The monoisotopic (exact) mass is 253 g/mol. The van der Waals surface area contributed by atoms with Crippen LogP contribution in [0.4, 0.5) is 0 Å². The van der Waals surface area contributed by atoms with Gasteiger partial charge in [0.2, 0.25) is 0 Å². The van der Waals surface area contributed by atoms with E-state index in [1.54, 1.807) is 0 Å². The Labute approximate surface area is 108 Å². The highest BCUT2D eigenvalue weighted by atomic mass is 32.1. The summed E-state index contributed by atoms with van der Waals surface area (Å²) in [5.41, 5.74) is 1.45. The minimum atomic E-state index is 0.0443. The van der Waals surface area contributed by atoms with Crippen LogP contribution in [0.25, 0.3) is 0 Å². The quantitative estimate of drug-likeness (QED) is 0.835. The summed E-state index contributed by atoms with van der Waals surface area (Å²) in [6.07, 6.45) is 4.82. The molecular weight excluding hydrogens is 230 g/mol. The van der Waals surface area contributed by atoms with Gasteiger partial charge in [0.25, 0.3) is 0 Å². The molecule has 1 aromatic heterocycles. The zero-order valence-electron chi connectivity index (χ0n) is 11.1. The normalized spacial score (nSPS) is 19.9. The van der Waals surface area contributed by atoms with Crippen molar-refractivity contribution in [1.29, 1.82) is 0 Å². The van der Waals surface area contributed by atoms with Crippen molar-refractivity contribution in [3.8, 4) is 0 Å². The molecule has 2 rings (SSSR count). The van der Waals surface area contributed by atoms with Gasteiger partial charge in [-0.2, -0.15) is 0 Å². The summed E-state index contributed by atoms with van der Waals surface area (Å²) in [7, 11) is 1.86. The average Bonchev–Trinajstić information content (AvgIpc) is 2.68. The first-order valence-electron chi connectivity index (χ1n) is 6.55. The molecule has 0 spiro atoms. The van der Waals surface area contributed by atoms with Gasteiger partial charge in [0.1, 0.15) is 0 Å².